The molecule has 1 aliphatic rings. The first-order valence-corrected chi connectivity index (χ1v) is 8.81. The van der Waals surface area contributed by atoms with Crippen LogP contribution in [-0.2, 0) is 17.6 Å². The molecule has 0 unspecified atom stereocenters. The number of rotatable bonds is 6. The van der Waals surface area contributed by atoms with Gasteiger partial charge in [0.2, 0.25) is 11.8 Å². The summed E-state index contributed by atoms with van der Waals surface area (Å²) in [6.45, 7) is 3.57. The van der Waals surface area contributed by atoms with E-state index >= 15 is 0 Å². The third-order valence-corrected chi connectivity index (χ3v) is 4.69. The van der Waals surface area contributed by atoms with Crippen molar-refractivity contribution in [3.8, 4) is 0 Å². The van der Waals surface area contributed by atoms with E-state index in [0.717, 1.165) is 38.8 Å². The maximum Gasteiger partial charge on any atom is 0.226 e. The molecular weight excluding hydrogens is 302 g/mol. The molecule has 0 N–H and O–H groups in total. The van der Waals surface area contributed by atoms with Crippen LogP contribution in [0.4, 0.5) is 0 Å². The van der Waals surface area contributed by atoms with Gasteiger partial charge in [-0.25, -0.2) is 0 Å². The van der Waals surface area contributed by atoms with E-state index in [-0.39, 0.29) is 5.91 Å². The maximum atomic E-state index is 12.3. The molecule has 0 saturated carbocycles. The number of likely N-dealkylation sites (tertiary alicyclic amines) is 1. The van der Waals surface area contributed by atoms with Gasteiger partial charge in [-0.2, -0.15) is 4.98 Å². The molecule has 1 aromatic carbocycles. The summed E-state index contributed by atoms with van der Waals surface area (Å²) in [6.07, 6.45) is 5.33. The van der Waals surface area contributed by atoms with Gasteiger partial charge in [-0.1, -0.05) is 35.5 Å². The lowest BCUT2D eigenvalue weighted by Gasteiger charge is -2.32. The van der Waals surface area contributed by atoms with Crippen molar-refractivity contribution in [2.24, 2.45) is 5.92 Å². The van der Waals surface area contributed by atoms with Gasteiger partial charge >= 0.3 is 0 Å². The Balaban J connectivity index is 1.37. The minimum absolute atomic E-state index is 0.254. The van der Waals surface area contributed by atoms with E-state index in [1.807, 2.05) is 4.90 Å². The quantitative estimate of drug-likeness (QED) is 0.817. The second-order valence-electron chi connectivity index (χ2n) is 6.60. The lowest BCUT2D eigenvalue weighted by molar-refractivity contribution is -0.132. The van der Waals surface area contributed by atoms with E-state index in [1.165, 1.54) is 5.56 Å². The molecule has 128 valence electrons. The van der Waals surface area contributed by atoms with Crippen LogP contribution >= 0.6 is 0 Å². The van der Waals surface area contributed by atoms with Gasteiger partial charge in [0.25, 0.3) is 0 Å². The SMILES string of the molecule is Cc1noc(CCCC(=O)N2CCC(Cc3ccccc3)CC2)n1. The van der Waals surface area contributed by atoms with Crippen molar-refractivity contribution < 1.29 is 9.32 Å². The summed E-state index contributed by atoms with van der Waals surface area (Å²) in [4.78, 5) is 18.5. The van der Waals surface area contributed by atoms with Gasteiger partial charge in [0.05, 0.1) is 0 Å². The molecule has 3 rings (SSSR count). The van der Waals surface area contributed by atoms with Crippen LogP contribution in [0.1, 0.15) is 43.0 Å². The Morgan fingerprint density at radius 3 is 2.67 bits per heavy atom. The maximum absolute atomic E-state index is 12.3. The number of benzene rings is 1. The molecule has 0 spiro atoms. The van der Waals surface area contributed by atoms with Crippen LogP contribution in [0.3, 0.4) is 0 Å². The zero-order valence-electron chi connectivity index (χ0n) is 14.3. The third-order valence-electron chi connectivity index (χ3n) is 4.69. The van der Waals surface area contributed by atoms with Crippen molar-refractivity contribution in [2.45, 2.75) is 45.4 Å². The van der Waals surface area contributed by atoms with Crippen LogP contribution in [-0.4, -0.2) is 34.0 Å². The minimum Gasteiger partial charge on any atom is -0.343 e. The Morgan fingerprint density at radius 2 is 2.00 bits per heavy atom. The second kappa shape index (κ2) is 8.08. The highest BCUT2D eigenvalue weighted by atomic mass is 16.5. The number of carbonyl (C=O) groups excluding carboxylic acids is 1. The average Bonchev–Trinajstić information content (AvgIpc) is 3.02. The molecule has 24 heavy (non-hydrogen) atoms. The summed E-state index contributed by atoms with van der Waals surface area (Å²) in [5.41, 5.74) is 1.40. The molecule has 5 heteroatoms. The molecule has 0 atom stereocenters. The molecule has 1 aromatic heterocycles. The molecule has 2 heterocycles. The van der Waals surface area contributed by atoms with Crippen molar-refractivity contribution in [3.63, 3.8) is 0 Å². The van der Waals surface area contributed by atoms with E-state index < -0.39 is 0 Å². The molecule has 5 nitrogen and oxygen atoms in total. The smallest absolute Gasteiger partial charge is 0.226 e. The summed E-state index contributed by atoms with van der Waals surface area (Å²) in [5, 5.41) is 3.77. The van der Waals surface area contributed by atoms with E-state index in [1.54, 1.807) is 6.92 Å². The molecule has 0 aliphatic carbocycles. The van der Waals surface area contributed by atoms with Gasteiger partial charge in [-0.15, -0.1) is 0 Å². The highest BCUT2D eigenvalue weighted by Crippen LogP contribution is 2.22. The summed E-state index contributed by atoms with van der Waals surface area (Å²) < 4.78 is 5.08. The van der Waals surface area contributed by atoms with Crippen molar-refractivity contribution in [1.29, 1.82) is 0 Å². The predicted molar refractivity (Wildman–Crippen MR) is 91.4 cm³/mol. The van der Waals surface area contributed by atoms with E-state index in [0.29, 0.717) is 30.5 Å². The topological polar surface area (TPSA) is 59.2 Å². The van der Waals surface area contributed by atoms with Gasteiger partial charge in [0, 0.05) is 25.9 Å². The summed E-state index contributed by atoms with van der Waals surface area (Å²) >= 11 is 0. The fourth-order valence-corrected chi connectivity index (χ4v) is 3.32. The van der Waals surface area contributed by atoms with E-state index in [4.69, 9.17) is 4.52 Å². The fraction of sp³-hybridized carbons (Fsp3) is 0.526. The Hall–Kier alpha value is -2.17. The standard InChI is InChI=1S/C19H25N3O2/c1-15-20-18(24-21-15)8-5-9-19(23)22-12-10-17(11-13-22)14-16-6-3-2-4-7-16/h2-4,6-7,17H,5,8-14H2,1H3. The number of aromatic nitrogens is 2. The summed E-state index contributed by atoms with van der Waals surface area (Å²) in [6, 6.07) is 10.6. The van der Waals surface area contributed by atoms with Gasteiger partial charge < -0.3 is 9.42 Å². The molecular formula is C19H25N3O2. The lowest BCUT2D eigenvalue weighted by Crippen LogP contribution is -2.38. The number of carbonyl (C=O) groups is 1. The number of hydrogen-bond acceptors (Lipinski definition) is 4. The molecule has 1 saturated heterocycles. The lowest BCUT2D eigenvalue weighted by atomic mass is 9.90. The van der Waals surface area contributed by atoms with Gasteiger partial charge in [-0.05, 0) is 44.1 Å². The van der Waals surface area contributed by atoms with Crippen molar-refractivity contribution in [3.05, 3.63) is 47.6 Å². The summed E-state index contributed by atoms with van der Waals surface area (Å²) in [5.74, 6) is 2.22. The van der Waals surface area contributed by atoms with E-state index in [9.17, 15) is 4.79 Å². The summed E-state index contributed by atoms with van der Waals surface area (Å²) in [7, 11) is 0. The predicted octanol–water partition coefficient (Wildman–Crippen LogP) is 3.18. The Labute approximate surface area is 143 Å². The van der Waals surface area contributed by atoms with Crippen LogP contribution in [0.5, 0.6) is 0 Å². The number of piperidine rings is 1. The number of nitrogens with zero attached hydrogens (tertiary/aromatic N) is 3. The van der Waals surface area contributed by atoms with Crippen LogP contribution in [0.2, 0.25) is 0 Å². The second-order valence-corrected chi connectivity index (χ2v) is 6.60. The number of aryl methyl sites for hydroxylation is 2. The van der Waals surface area contributed by atoms with Crippen molar-refractivity contribution >= 4 is 5.91 Å². The molecule has 0 bridgehead atoms. The minimum atomic E-state index is 0.254. The first-order valence-electron chi connectivity index (χ1n) is 8.81. The van der Waals surface area contributed by atoms with Crippen LogP contribution in [0, 0.1) is 12.8 Å². The van der Waals surface area contributed by atoms with Crippen LogP contribution in [0.25, 0.3) is 0 Å². The first kappa shape index (κ1) is 16.7. The number of hydrogen-bond donors (Lipinski definition) is 0. The highest BCUT2D eigenvalue weighted by molar-refractivity contribution is 5.76. The molecule has 0 radical (unpaired) electrons. The Kier molecular flexibility index (Phi) is 5.62. The zero-order chi connectivity index (χ0) is 16.8. The van der Waals surface area contributed by atoms with Crippen LogP contribution in [0.15, 0.2) is 34.9 Å². The Morgan fingerprint density at radius 1 is 1.25 bits per heavy atom. The molecule has 1 amide bonds. The van der Waals surface area contributed by atoms with Crippen molar-refractivity contribution in [1.82, 2.24) is 15.0 Å². The largest absolute Gasteiger partial charge is 0.343 e. The monoisotopic (exact) mass is 327 g/mol. The first-order chi connectivity index (χ1) is 11.7. The molecule has 2 aromatic rings. The van der Waals surface area contributed by atoms with Crippen molar-refractivity contribution in [2.75, 3.05) is 13.1 Å². The van der Waals surface area contributed by atoms with E-state index in [2.05, 4.69) is 40.5 Å². The third kappa shape index (κ3) is 4.66. The van der Waals surface area contributed by atoms with Crippen LogP contribution < -0.4 is 0 Å². The average molecular weight is 327 g/mol. The van der Waals surface area contributed by atoms with Gasteiger partial charge in [0.15, 0.2) is 5.82 Å². The normalized spacial score (nSPS) is 15.6. The highest BCUT2D eigenvalue weighted by Gasteiger charge is 2.22. The zero-order valence-corrected chi connectivity index (χ0v) is 14.3. The number of amides is 1. The van der Waals surface area contributed by atoms with Gasteiger partial charge in [-0.3, -0.25) is 4.79 Å². The fourth-order valence-electron chi connectivity index (χ4n) is 3.32. The molecule has 1 aliphatic heterocycles. The Bertz CT molecular complexity index is 646. The molecule has 1 fully saturated rings. The van der Waals surface area contributed by atoms with Gasteiger partial charge in [0.1, 0.15) is 0 Å².